The highest BCUT2D eigenvalue weighted by Crippen LogP contribution is 2.28. The Balaban J connectivity index is 1.36. The molecule has 0 amide bonds. The predicted octanol–water partition coefficient (Wildman–Crippen LogP) is 9.00. The SMILES string of the molecule is CCCCCCCCCOc1ccc(-c2ccc(CCC3CCCCC3)cc2)cc1. The molecule has 0 saturated heterocycles. The molecule has 0 atom stereocenters. The fourth-order valence-corrected chi connectivity index (χ4v) is 4.70. The molecule has 0 heterocycles. The lowest BCUT2D eigenvalue weighted by Crippen LogP contribution is -2.07. The van der Waals surface area contributed by atoms with E-state index in [0.717, 1.165) is 24.7 Å². The van der Waals surface area contributed by atoms with Crippen molar-refractivity contribution in [2.75, 3.05) is 6.61 Å². The van der Waals surface area contributed by atoms with Crippen LogP contribution in [-0.2, 0) is 6.42 Å². The zero-order valence-corrected chi connectivity index (χ0v) is 19.2. The van der Waals surface area contributed by atoms with Crippen LogP contribution in [0.4, 0.5) is 0 Å². The van der Waals surface area contributed by atoms with Gasteiger partial charge in [0.2, 0.25) is 0 Å². The fraction of sp³-hybridized carbons (Fsp3) is 0.586. The molecule has 0 aromatic heterocycles. The van der Waals surface area contributed by atoms with Crippen LogP contribution in [0.2, 0.25) is 0 Å². The summed E-state index contributed by atoms with van der Waals surface area (Å²) in [7, 11) is 0. The van der Waals surface area contributed by atoms with Gasteiger partial charge in [-0.1, -0.05) is 114 Å². The summed E-state index contributed by atoms with van der Waals surface area (Å²) in [6.45, 7) is 3.11. The number of unbranched alkanes of at least 4 members (excludes halogenated alkanes) is 6. The largest absolute Gasteiger partial charge is 0.494 e. The maximum Gasteiger partial charge on any atom is 0.119 e. The first-order valence-electron chi connectivity index (χ1n) is 12.7. The Labute approximate surface area is 185 Å². The van der Waals surface area contributed by atoms with Crippen molar-refractivity contribution >= 4 is 0 Å². The van der Waals surface area contributed by atoms with Crippen molar-refractivity contribution in [1.29, 1.82) is 0 Å². The molecule has 2 aromatic rings. The lowest BCUT2D eigenvalue weighted by molar-refractivity contribution is 0.304. The van der Waals surface area contributed by atoms with Gasteiger partial charge in [-0.3, -0.25) is 0 Å². The molecule has 1 aliphatic carbocycles. The maximum absolute atomic E-state index is 5.93. The molecule has 1 heteroatoms. The van der Waals surface area contributed by atoms with Crippen molar-refractivity contribution in [2.45, 2.75) is 96.8 Å². The second-order valence-electron chi connectivity index (χ2n) is 9.23. The summed E-state index contributed by atoms with van der Waals surface area (Å²) in [5.41, 5.74) is 4.06. The summed E-state index contributed by atoms with van der Waals surface area (Å²) in [5, 5.41) is 0. The average molecular weight is 407 g/mol. The van der Waals surface area contributed by atoms with Crippen LogP contribution in [0.5, 0.6) is 5.75 Å². The normalized spacial score (nSPS) is 14.7. The Morgan fingerprint density at radius 2 is 1.30 bits per heavy atom. The van der Waals surface area contributed by atoms with Gasteiger partial charge in [-0.2, -0.15) is 0 Å². The topological polar surface area (TPSA) is 9.23 Å². The van der Waals surface area contributed by atoms with Crippen LogP contribution in [-0.4, -0.2) is 6.61 Å². The van der Waals surface area contributed by atoms with Gasteiger partial charge in [0, 0.05) is 0 Å². The molecule has 3 rings (SSSR count). The van der Waals surface area contributed by atoms with E-state index < -0.39 is 0 Å². The van der Waals surface area contributed by atoms with Gasteiger partial charge in [0.15, 0.2) is 0 Å². The average Bonchev–Trinajstić information content (AvgIpc) is 2.81. The Hall–Kier alpha value is -1.76. The minimum Gasteiger partial charge on any atom is -0.494 e. The lowest BCUT2D eigenvalue weighted by Gasteiger charge is -2.21. The van der Waals surface area contributed by atoms with E-state index in [4.69, 9.17) is 4.74 Å². The molecule has 0 N–H and O–H groups in total. The molecule has 0 unspecified atom stereocenters. The number of aryl methyl sites for hydroxylation is 1. The van der Waals surface area contributed by atoms with Crippen LogP contribution < -0.4 is 4.74 Å². The van der Waals surface area contributed by atoms with E-state index in [1.54, 1.807) is 0 Å². The Kier molecular flexibility index (Phi) is 10.3. The molecule has 0 bridgehead atoms. The Morgan fingerprint density at radius 1 is 0.700 bits per heavy atom. The van der Waals surface area contributed by atoms with Gasteiger partial charge >= 0.3 is 0 Å². The minimum absolute atomic E-state index is 0.836. The van der Waals surface area contributed by atoms with Crippen molar-refractivity contribution in [3.05, 3.63) is 54.1 Å². The van der Waals surface area contributed by atoms with Gasteiger partial charge in [-0.15, -0.1) is 0 Å². The second kappa shape index (κ2) is 13.5. The van der Waals surface area contributed by atoms with Crippen molar-refractivity contribution in [2.24, 2.45) is 5.92 Å². The Morgan fingerprint density at radius 3 is 1.97 bits per heavy atom. The summed E-state index contributed by atoms with van der Waals surface area (Å²) in [4.78, 5) is 0. The van der Waals surface area contributed by atoms with E-state index in [9.17, 15) is 0 Å². The van der Waals surface area contributed by atoms with E-state index >= 15 is 0 Å². The van der Waals surface area contributed by atoms with Crippen LogP contribution in [0.3, 0.4) is 0 Å². The number of benzene rings is 2. The van der Waals surface area contributed by atoms with Crippen LogP contribution in [0.1, 0.15) is 96.0 Å². The summed E-state index contributed by atoms with van der Waals surface area (Å²) >= 11 is 0. The number of ether oxygens (including phenoxy) is 1. The molecule has 30 heavy (non-hydrogen) atoms. The summed E-state index contributed by atoms with van der Waals surface area (Å²) in [6, 6.07) is 17.8. The molecule has 0 spiro atoms. The van der Waals surface area contributed by atoms with Crippen LogP contribution in [0.25, 0.3) is 11.1 Å². The predicted molar refractivity (Wildman–Crippen MR) is 130 cm³/mol. The Bertz CT molecular complexity index is 679. The van der Waals surface area contributed by atoms with Gasteiger partial charge in [0.1, 0.15) is 5.75 Å². The van der Waals surface area contributed by atoms with Gasteiger partial charge in [-0.05, 0) is 54.0 Å². The zero-order valence-electron chi connectivity index (χ0n) is 19.2. The van der Waals surface area contributed by atoms with Crippen LogP contribution in [0.15, 0.2) is 48.5 Å². The number of hydrogen-bond acceptors (Lipinski definition) is 1. The first-order chi connectivity index (χ1) is 14.8. The first kappa shape index (κ1) is 22.9. The van der Waals surface area contributed by atoms with Crippen molar-refractivity contribution in [3.63, 3.8) is 0 Å². The highest BCUT2D eigenvalue weighted by Gasteiger charge is 2.13. The summed E-state index contributed by atoms with van der Waals surface area (Å²) in [6.07, 6.45) is 19.1. The standard InChI is InChI=1S/C29H42O/c1-2-3-4-5-6-7-11-24-30-29-22-20-28(21-23-29)27-18-16-26(17-19-27)15-14-25-12-9-8-10-13-25/h16-23,25H,2-15,24H2,1H3. The highest BCUT2D eigenvalue weighted by atomic mass is 16.5. The molecule has 1 nitrogen and oxygen atoms in total. The number of rotatable bonds is 13. The quantitative estimate of drug-likeness (QED) is 0.301. The molecule has 2 aromatic carbocycles. The van der Waals surface area contributed by atoms with E-state index in [-0.39, 0.29) is 0 Å². The van der Waals surface area contributed by atoms with E-state index in [1.165, 1.54) is 100 Å². The van der Waals surface area contributed by atoms with Crippen molar-refractivity contribution < 1.29 is 4.74 Å². The van der Waals surface area contributed by atoms with Crippen LogP contribution >= 0.6 is 0 Å². The molecule has 0 radical (unpaired) electrons. The molecule has 0 aliphatic heterocycles. The third kappa shape index (κ3) is 8.17. The minimum atomic E-state index is 0.836. The zero-order chi connectivity index (χ0) is 20.9. The van der Waals surface area contributed by atoms with E-state index in [2.05, 4.69) is 55.5 Å². The number of hydrogen-bond donors (Lipinski definition) is 0. The summed E-state index contributed by atoms with van der Waals surface area (Å²) < 4.78 is 5.93. The molecule has 1 fully saturated rings. The van der Waals surface area contributed by atoms with Gasteiger partial charge < -0.3 is 4.74 Å². The second-order valence-corrected chi connectivity index (χ2v) is 9.23. The molecule has 1 aliphatic rings. The van der Waals surface area contributed by atoms with Gasteiger partial charge in [0.25, 0.3) is 0 Å². The maximum atomic E-state index is 5.93. The van der Waals surface area contributed by atoms with E-state index in [0.29, 0.717) is 0 Å². The van der Waals surface area contributed by atoms with Gasteiger partial charge in [0.05, 0.1) is 6.61 Å². The van der Waals surface area contributed by atoms with Gasteiger partial charge in [-0.25, -0.2) is 0 Å². The monoisotopic (exact) mass is 406 g/mol. The van der Waals surface area contributed by atoms with E-state index in [1.807, 2.05) is 0 Å². The molecule has 164 valence electrons. The highest BCUT2D eigenvalue weighted by molar-refractivity contribution is 5.64. The third-order valence-electron chi connectivity index (χ3n) is 6.72. The third-order valence-corrected chi connectivity index (χ3v) is 6.72. The molecule has 1 saturated carbocycles. The van der Waals surface area contributed by atoms with Crippen LogP contribution in [0, 0.1) is 5.92 Å². The smallest absolute Gasteiger partial charge is 0.119 e. The van der Waals surface area contributed by atoms with Crippen molar-refractivity contribution in [1.82, 2.24) is 0 Å². The summed E-state index contributed by atoms with van der Waals surface area (Å²) in [5.74, 6) is 1.96. The first-order valence-corrected chi connectivity index (χ1v) is 12.7. The fourth-order valence-electron chi connectivity index (χ4n) is 4.70. The van der Waals surface area contributed by atoms with Crippen molar-refractivity contribution in [3.8, 4) is 16.9 Å². The molecular formula is C29H42O. The molecular weight excluding hydrogens is 364 g/mol. The lowest BCUT2D eigenvalue weighted by atomic mass is 9.85.